The molecule has 4 nitrogen and oxygen atoms in total. The second-order valence-electron chi connectivity index (χ2n) is 6.80. The topological polar surface area (TPSA) is 61.4 Å². The number of amides is 1. The first-order valence-electron chi connectivity index (χ1n) is 8.53. The zero-order chi connectivity index (χ0) is 16.6. The third-order valence-electron chi connectivity index (χ3n) is 5.48. The van der Waals surface area contributed by atoms with Crippen molar-refractivity contribution in [2.24, 2.45) is 17.8 Å². The summed E-state index contributed by atoms with van der Waals surface area (Å²) in [4.78, 5) is 12.9. The average Bonchev–Trinajstić information content (AvgIpc) is 3.07. The molecule has 4 rings (SSSR count). The molecule has 1 saturated heterocycles. The number of hydrogen-bond acceptors (Lipinski definition) is 3. The molecule has 0 radical (unpaired) electrons. The molecular weight excluding hydrogens is 300 g/mol. The van der Waals surface area contributed by atoms with Gasteiger partial charge >= 0.3 is 0 Å². The van der Waals surface area contributed by atoms with E-state index in [0.29, 0.717) is 35.4 Å². The standard InChI is InChI=1S/C20H22N2O2/c23-19(22-13-18-16-11-21-12-17(16)18)20(24,14-7-3-1-4-8-14)15-9-5-2-6-10-15/h1-10,16-18,21,24H,11-13H2,(H,22,23)/t16-,17+,18?. The van der Waals surface area contributed by atoms with Crippen molar-refractivity contribution < 1.29 is 9.90 Å². The van der Waals surface area contributed by atoms with Crippen molar-refractivity contribution in [2.45, 2.75) is 5.60 Å². The summed E-state index contributed by atoms with van der Waals surface area (Å²) < 4.78 is 0. The van der Waals surface area contributed by atoms with Crippen LogP contribution in [-0.4, -0.2) is 30.6 Å². The van der Waals surface area contributed by atoms with Crippen LogP contribution < -0.4 is 10.6 Å². The van der Waals surface area contributed by atoms with E-state index >= 15 is 0 Å². The van der Waals surface area contributed by atoms with Gasteiger partial charge in [-0.15, -0.1) is 0 Å². The summed E-state index contributed by atoms with van der Waals surface area (Å²) >= 11 is 0. The van der Waals surface area contributed by atoms with Gasteiger partial charge in [0.1, 0.15) is 0 Å². The zero-order valence-corrected chi connectivity index (χ0v) is 13.5. The molecule has 24 heavy (non-hydrogen) atoms. The van der Waals surface area contributed by atoms with Gasteiger partial charge in [-0.3, -0.25) is 4.79 Å². The third kappa shape index (κ3) is 2.52. The van der Waals surface area contributed by atoms with Gasteiger partial charge in [0, 0.05) is 6.54 Å². The number of piperidine rings is 1. The van der Waals surface area contributed by atoms with E-state index in [0.717, 1.165) is 13.1 Å². The summed E-state index contributed by atoms with van der Waals surface area (Å²) in [6, 6.07) is 18.3. The zero-order valence-electron chi connectivity index (χ0n) is 13.5. The van der Waals surface area contributed by atoms with E-state index in [9.17, 15) is 9.90 Å². The molecule has 4 heteroatoms. The second kappa shape index (κ2) is 6.04. The minimum Gasteiger partial charge on any atom is -0.372 e. The number of fused-ring (bicyclic) bond motifs is 1. The van der Waals surface area contributed by atoms with Gasteiger partial charge in [-0.05, 0) is 42.0 Å². The lowest BCUT2D eigenvalue weighted by molar-refractivity contribution is -0.136. The molecule has 1 saturated carbocycles. The molecule has 1 heterocycles. The number of carbonyl (C=O) groups is 1. The van der Waals surface area contributed by atoms with Gasteiger partial charge in [-0.25, -0.2) is 0 Å². The molecule has 2 aromatic carbocycles. The minimum atomic E-state index is -1.66. The number of benzene rings is 2. The van der Waals surface area contributed by atoms with Gasteiger partial charge in [0.2, 0.25) is 0 Å². The molecule has 1 aliphatic carbocycles. The van der Waals surface area contributed by atoms with E-state index in [1.807, 2.05) is 36.4 Å². The highest BCUT2D eigenvalue weighted by Gasteiger charge is 2.53. The Morgan fingerprint density at radius 2 is 1.50 bits per heavy atom. The van der Waals surface area contributed by atoms with Crippen LogP contribution in [0.2, 0.25) is 0 Å². The first-order chi connectivity index (χ1) is 11.7. The van der Waals surface area contributed by atoms with Crippen molar-refractivity contribution in [2.75, 3.05) is 19.6 Å². The Labute approximate surface area is 141 Å². The van der Waals surface area contributed by atoms with Crippen molar-refractivity contribution in [1.82, 2.24) is 10.6 Å². The molecule has 1 unspecified atom stereocenters. The van der Waals surface area contributed by atoms with Gasteiger partial charge in [0.25, 0.3) is 5.91 Å². The number of hydrogen-bond donors (Lipinski definition) is 3. The molecule has 3 atom stereocenters. The molecule has 2 aliphatic rings. The Bertz CT molecular complexity index is 667. The fourth-order valence-corrected chi connectivity index (χ4v) is 3.98. The molecule has 1 aliphatic heterocycles. The lowest BCUT2D eigenvalue weighted by Crippen LogP contribution is -2.46. The highest BCUT2D eigenvalue weighted by molar-refractivity contribution is 5.90. The van der Waals surface area contributed by atoms with Crippen molar-refractivity contribution >= 4 is 5.91 Å². The Morgan fingerprint density at radius 1 is 1.00 bits per heavy atom. The maximum absolute atomic E-state index is 12.9. The number of carbonyl (C=O) groups excluding carboxylic acids is 1. The summed E-state index contributed by atoms with van der Waals surface area (Å²) in [7, 11) is 0. The Hall–Kier alpha value is -2.17. The second-order valence-corrected chi connectivity index (χ2v) is 6.80. The summed E-state index contributed by atoms with van der Waals surface area (Å²) in [5.74, 6) is 1.57. The van der Waals surface area contributed by atoms with Crippen LogP contribution in [0.4, 0.5) is 0 Å². The van der Waals surface area contributed by atoms with Crippen LogP contribution in [0.1, 0.15) is 11.1 Å². The van der Waals surface area contributed by atoms with E-state index in [1.165, 1.54) is 0 Å². The van der Waals surface area contributed by atoms with Gasteiger partial charge in [0.05, 0.1) is 0 Å². The molecule has 124 valence electrons. The molecule has 0 bridgehead atoms. The summed E-state index contributed by atoms with van der Waals surface area (Å²) in [6.07, 6.45) is 0. The normalized spacial score (nSPS) is 25.1. The van der Waals surface area contributed by atoms with Crippen molar-refractivity contribution in [3.05, 3.63) is 71.8 Å². The van der Waals surface area contributed by atoms with Crippen LogP contribution in [0.5, 0.6) is 0 Å². The lowest BCUT2D eigenvalue weighted by atomic mass is 9.85. The highest BCUT2D eigenvalue weighted by atomic mass is 16.3. The SMILES string of the molecule is O=C(NCC1[C@H]2CNC[C@@H]12)C(O)(c1ccccc1)c1ccccc1. The highest BCUT2D eigenvalue weighted by Crippen LogP contribution is 2.48. The predicted octanol–water partition coefficient (Wildman–Crippen LogP) is 1.50. The fourth-order valence-electron chi connectivity index (χ4n) is 3.98. The van der Waals surface area contributed by atoms with E-state index in [2.05, 4.69) is 10.6 Å². The summed E-state index contributed by atoms with van der Waals surface area (Å²) in [6.45, 7) is 2.73. The Kier molecular flexibility index (Phi) is 3.87. The van der Waals surface area contributed by atoms with E-state index in [4.69, 9.17) is 0 Å². The van der Waals surface area contributed by atoms with E-state index in [1.54, 1.807) is 24.3 Å². The maximum Gasteiger partial charge on any atom is 0.261 e. The number of aliphatic hydroxyl groups is 1. The van der Waals surface area contributed by atoms with Crippen molar-refractivity contribution in [1.29, 1.82) is 0 Å². The van der Waals surface area contributed by atoms with Gasteiger partial charge in [-0.1, -0.05) is 60.7 Å². The van der Waals surface area contributed by atoms with Crippen LogP contribution in [0, 0.1) is 17.8 Å². The van der Waals surface area contributed by atoms with Crippen LogP contribution in [-0.2, 0) is 10.4 Å². The first-order valence-corrected chi connectivity index (χ1v) is 8.53. The molecule has 0 aromatic heterocycles. The lowest BCUT2D eigenvalue weighted by Gasteiger charge is -2.28. The third-order valence-corrected chi connectivity index (χ3v) is 5.48. The molecule has 2 fully saturated rings. The van der Waals surface area contributed by atoms with Crippen LogP contribution in [0.25, 0.3) is 0 Å². The van der Waals surface area contributed by atoms with Gasteiger partial charge < -0.3 is 15.7 Å². The smallest absolute Gasteiger partial charge is 0.261 e. The van der Waals surface area contributed by atoms with Crippen LogP contribution in [0.15, 0.2) is 60.7 Å². The maximum atomic E-state index is 12.9. The number of nitrogens with one attached hydrogen (secondary N) is 2. The van der Waals surface area contributed by atoms with E-state index in [-0.39, 0.29) is 5.91 Å². The van der Waals surface area contributed by atoms with Gasteiger partial charge in [-0.2, -0.15) is 0 Å². The van der Waals surface area contributed by atoms with Crippen molar-refractivity contribution in [3.63, 3.8) is 0 Å². The van der Waals surface area contributed by atoms with Crippen molar-refractivity contribution in [3.8, 4) is 0 Å². The summed E-state index contributed by atoms with van der Waals surface area (Å²) in [5, 5.41) is 17.7. The molecule has 3 N–H and O–H groups in total. The van der Waals surface area contributed by atoms with Gasteiger partial charge in [0.15, 0.2) is 5.60 Å². The largest absolute Gasteiger partial charge is 0.372 e. The van der Waals surface area contributed by atoms with E-state index < -0.39 is 5.60 Å². The molecule has 1 amide bonds. The molecular formula is C20H22N2O2. The average molecular weight is 322 g/mol. The molecule has 2 aromatic rings. The number of rotatable bonds is 5. The fraction of sp³-hybridized carbons (Fsp3) is 0.350. The summed E-state index contributed by atoms with van der Waals surface area (Å²) in [5.41, 5.74) is -0.483. The van der Waals surface area contributed by atoms with Crippen LogP contribution in [0.3, 0.4) is 0 Å². The minimum absolute atomic E-state index is 0.349. The Morgan fingerprint density at radius 3 is 2.00 bits per heavy atom. The monoisotopic (exact) mass is 322 g/mol. The predicted molar refractivity (Wildman–Crippen MR) is 92.2 cm³/mol. The first kappa shape index (κ1) is 15.4. The molecule has 0 spiro atoms. The quantitative estimate of drug-likeness (QED) is 0.782. The van der Waals surface area contributed by atoms with Crippen LogP contribution >= 0.6 is 0 Å². The Balaban J connectivity index is 1.57.